The van der Waals surface area contributed by atoms with Crippen LogP contribution in [0.15, 0.2) is 23.0 Å². The van der Waals surface area contributed by atoms with Gasteiger partial charge in [0.25, 0.3) is 11.5 Å². The summed E-state index contributed by atoms with van der Waals surface area (Å²) < 4.78 is 44.7. The number of ether oxygens (including phenoxy) is 2. The summed E-state index contributed by atoms with van der Waals surface area (Å²) in [5.74, 6) is 0.667. The number of fused-ring (bicyclic) bond motifs is 7. The van der Waals surface area contributed by atoms with Gasteiger partial charge in [-0.1, -0.05) is 6.07 Å². The van der Waals surface area contributed by atoms with Crippen molar-refractivity contribution in [1.29, 1.82) is 0 Å². The number of benzene rings is 1. The third-order valence-electron chi connectivity index (χ3n) is 7.86. The summed E-state index contributed by atoms with van der Waals surface area (Å²) in [6, 6.07) is 4.03. The highest BCUT2D eigenvalue weighted by Gasteiger charge is 2.42. The SMILES string of the molecule is COc1c2n(c3c4nn(c(=O)c13)Cc1ccc(F)cc1OCCCCS(=O)N4C1CC1)C(C)CN(C(C)C)C2=O. The van der Waals surface area contributed by atoms with Gasteiger partial charge in [-0.05, 0) is 52.5 Å². The Morgan fingerprint density at radius 2 is 1.98 bits per heavy atom. The van der Waals surface area contributed by atoms with Crippen LogP contribution in [-0.2, 0) is 17.5 Å². The van der Waals surface area contributed by atoms with E-state index in [0.29, 0.717) is 60.1 Å². The second kappa shape index (κ2) is 10.2. The molecule has 3 aromatic rings. The van der Waals surface area contributed by atoms with Crippen molar-refractivity contribution in [2.24, 2.45) is 0 Å². The summed E-state index contributed by atoms with van der Waals surface area (Å²) in [5.41, 5.74) is 0.928. The molecule has 2 bridgehead atoms. The van der Waals surface area contributed by atoms with E-state index in [9.17, 15) is 18.2 Å². The first-order valence-corrected chi connectivity index (χ1v) is 15.1. The van der Waals surface area contributed by atoms with Crippen molar-refractivity contribution in [3.8, 4) is 11.5 Å². The maximum atomic E-state index is 14.2. The highest BCUT2D eigenvalue weighted by molar-refractivity contribution is 7.86. The Morgan fingerprint density at radius 1 is 1.20 bits per heavy atom. The van der Waals surface area contributed by atoms with Crippen molar-refractivity contribution in [3.63, 3.8) is 0 Å². The molecule has 6 rings (SSSR count). The van der Waals surface area contributed by atoms with Gasteiger partial charge in [0.2, 0.25) is 0 Å². The molecule has 0 N–H and O–H groups in total. The number of hydrogen-bond acceptors (Lipinski definition) is 6. The molecule has 12 heteroatoms. The lowest BCUT2D eigenvalue weighted by atomic mass is 10.1. The smallest absolute Gasteiger partial charge is 0.280 e. The molecule has 0 radical (unpaired) electrons. The van der Waals surface area contributed by atoms with Crippen molar-refractivity contribution in [3.05, 3.63) is 45.6 Å². The molecule has 2 aromatic heterocycles. The third-order valence-corrected chi connectivity index (χ3v) is 9.40. The number of aromatic nitrogens is 3. The minimum absolute atomic E-state index is 0.00775. The molecule has 4 heterocycles. The molecule has 1 saturated carbocycles. The van der Waals surface area contributed by atoms with Crippen LogP contribution in [0, 0.1) is 5.82 Å². The molecule has 1 amide bonds. The molecular formula is C28H34FN5O5S. The van der Waals surface area contributed by atoms with Crippen molar-refractivity contribution in [1.82, 2.24) is 19.2 Å². The molecule has 1 fully saturated rings. The average molecular weight is 572 g/mol. The van der Waals surface area contributed by atoms with Crippen LogP contribution in [0.1, 0.15) is 68.5 Å². The Balaban J connectivity index is 1.67. The van der Waals surface area contributed by atoms with E-state index in [1.54, 1.807) is 11.0 Å². The number of amides is 1. The molecule has 1 aliphatic carbocycles. The number of carbonyl (C=O) groups is 1. The maximum absolute atomic E-state index is 14.2. The number of nitrogens with zero attached hydrogens (tertiary/aromatic N) is 5. The average Bonchev–Trinajstić information content (AvgIpc) is 3.68. The molecule has 0 spiro atoms. The van der Waals surface area contributed by atoms with Gasteiger partial charge in [0.15, 0.2) is 17.3 Å². The summed E-state index contributed by atoms with van der Waals surface area (Å²) >= 11 is 0. The maximum Gasteiger partial charge on any atom is 0.280 e. The van der Waals surface area contributed by atoms with E-state index < -0.39 is 22.4 Å². The molecule has 40 heavy (non-hydrogen) atoms. The number of hydrogen-bond donors (Lipinski definition) is 0. The molecule has 10 nitrogen and oxygen atoms in total. The molecule has 2 atom stereocenters. The topological polar surface area (TPSA) is 98.9 Å². The summed E-state index contributed by atoms with van der Waals surface area (Å²) in [5, 5.41) is 5.07. The van der Waals surface area contributed by atoms with Gasteiger partial charge in [-0.25, -0.2) is 13.3 Å². The van der Waals surface area contributed by atoms with E-state index in [1.165, 1.54) is 23.9 Å². The fourth-order valence-electron chi connectivity index (χ4n) is 5.76. The lowest BCUT2D eigenvalue weighted by Gasteiger charge is -2.36. The molecule has 3 aliphatic rings. The molecule has 214 valence electrons. The van der Waals surface area contributed by atoms with Gasteiger partial charge in [0.05, 0.1) is 20.3 Å². The van der Waals surface area contributed by atoms with Crippen LogP contribution in [0.25, 0.3) is 10.9 Å². The summed E-state index contributed by atoms with van der Waals surface area (Å²) in [6.07, 6.45) is 3.00. The van der Waals surface area contributed by atoms with Gasteiger partial charge in [-0.2, -0.15) is 0 Å². The molecule has 2 unspecified atom stereocenters. The molecule has 1 aromatic carbocycles. The first-order valence-electron chi connectivity index (χ1n) is 13.8. The van der Waals surface area contributed by atoms with Crippen LogP contribution in [0.3, 0.4) is 0 Å². The largest absolute Gasteiger partial charge is 0.493 e. The van der Waals surface area contributed by atoms with E-state index >= 15 is 0 Å². The van der Waals surface area contributed by atoms with Crippen molar-refractivity contribution in [2.45, 2.75) is 71.1 Å². The predicted octanol–water partition coefficient (Wildman–Crippen LogP) is 3.62. The van der Waals surface area contributed by atoms with E-state index in [4.69, 9.17) is 14.6 Å². The van der Waals surface area contributed by atoms with E-state index in [1.807, 2.05) is 29.6 Å². The lowest BCUT2D eigenvalue weighted by Crippen LogP contribution is -2.45. The van der Waals surface area contributed by atoms with Crippen LogP contribution >= 0.6 is 0 Å². The summed E-state index contributed by atoms with van der Waals surface area (Å²) in [4.78, 5) is 29.8. The summed E-state index contributed by atoms with van der Waals surface area (Å²) in [7, 11) is 0.0316. The Hall–Kier alpha value is -3.41. The quantitative estimate of drug-likeness (QED) is 0.476. The van der Waals surface area contributed by atoms with Crippen LogP contribution < -0.4 is 19.3 Å². The van der Waals surface area contributed by atoms with Crippen molar-refractivity contribution in [2.75, 3.05) is 30.3 Å². The van der Waals surface area contributed by atoms with Crippen LogP contribution in [0.4, 0.5) is 10.2 Å². The number of anilines is 1. The number of rotatable bonds is 3. The van der Waals surface area contributed by atoms with E-state index in [2.05, 4.69) is 0 Å². The Bertz CT molecular complexity index is 1580. The van der Waals surface area contributed by atoms with Crippen molar-refractivity contribution < 1.29 is 22.9 Å². The first-order chi connectivity index (χ1) is 19.2. The number of halogens is 1. The zero-order valence-corrected chi connectivity index (χ0v) is 24.0. The molecular weight excluding hydrogens is 537 g/mol. The molecule has 0 saturated heterocycles. The van der Waals surface area contributed by atoms with Gasteiger partial charge in [-0.15, -0.1) is 5.10 Å². The first kappa shape index (κ1) is 26.8. The number of methoxy groups -OCH3 is 1. The van der Waals surface area contributed by atoms with Gasteiger partial charge in [0.1, 0.15) is 33.5 Å². The third kappa shape index (κ3) is 4.36. The van der Waals surface area contributed by atoms with Crippen LogP contribution in [0.5, 0.6) is 11.5 Å². The number of carbonyl (C=O) groups excluding carboxylic acids is 1. The highest BCUT2D eigenvalue weighted by Crippen LogP contribution is 2.43. The van der Waals surface area contributed by atoms with Crippen LogP contribution in [0.2, 0.25) is 0 Å². The minimum atomic E-state index is -1.42. The van der Waals surface area contributed by atoms with Crippen LogP contribution in [-0.4, -0.2) is 67.5 Å². The van der Waals surface area contributed by atoms with E-state index in [-0.39, 0.29) is 41.7 Å². The fourth-order valence-corrected chi connectivity index (χ4v) is 7.26. The lowest BCUT2D eigenvalue weighted by molar-refractivity contribution is 0.0615. The van der Waals surface area contributed by atoms with Gasteiger partial charge in [-0.3, -0.25) is 13.9 Å². The Morgan fingerprint density at radius 3 is 2.67 bits per heavy atom. The highest BCUT2D eigenvalue weighted by atomic mass is 32.2. The minimum Gasteiger partial charge on any atom is -0.493 e. The zero-order valence-electron chi connectivity index (χ0n) is 23.2. The monoisotopic (exact) mass is 571 g/mol. The Kier molecular flexibility index (Phi) is 6.84. The standard InChI is InChI=1S/C28H34FN5O5S/c1-16(2)31-14-17(3)33-23-22(25(38-4)24(33)28(31)36)27(35)32-15-18-7-8-19(29)13-21(18)39-11-5-6-12-40(37)34(20-9-10-20)26(23)30-32/h7-8,13,16-17,20H,5-6,9-12,14-15H2,1-4H3. The fraction of sp³-hybridized carbons (Fsp3) is 0.536. The second-order valence-electron chi connectivity index (χ2n) is 11.1. The predicted molar refractivity (Wildman–Crippen MR) is 150 cm³/mol. The van der Waals surface area contributed by atoms with Gasteiger partial charge < -0.3 is 18.9 Å². The Labute approximate surface area is 234 Å². The van der Waals surface area contributed by atoms with Gasteiger partial charge >= 0.3 is 0 Å². The van der Waals surface area contributed by atoms with E-state index in [0.717, 1.165) is 12.8 Å². The summed E-state index contributed by atoms with van der Waals surface area (Å²) in [6.45, 7) is 6.73. The van der Waals surface area contributed by atoms with Crippen molar-refractivity contribution >= 4 is 33.6 Å². The normalized spacial score (nSPS) is 21.8. The zero-order chi connectivity index (χ0) is 28.3. The molecule has 2 aliphatic heterocycles. The second-order valence-corrected chi connectivity index (χ2v) is 12.5. The van der Waals surface area contributed by atoms with Gasteiger partial charge in [0, 0.05) is 42.1 Å².